The summed E-state index contributed by atoms with van der Waals surface area (Å²) in [5.41, 5.74) is -0.0240. The van der Waals surface area contributed by atoms with E-state index >= 15 is 0 Å². The van der Waals surface area contributed by atoms with Crippen LogP contribution in [0.15, 0.2) is 0 Å². The van der Waals surface area contributed by atoms with E-state index < -0.39 is 0 Å². The van der Waals surface area contributed by atoms with Crippen molar-refractivity contribution in [2.24, 2.45) is 11.3 Å². The molecule has 0 bridgehead atoms. The summed E-state index contributed by atoms with van der Waals surface area (Å²) in [5, 5.41) is 15.9. The summed E-state index contributed by atoms with van der Waals surface area (Å²) in [6, 6.07) is 0. The van der Waals surface area contributed by atoms with Gasteiger partial charge in [0.2, 0.25) is 5.91 Å². The number of carbonyl (C=O) groups excluding carboxylic acids is 1. The third-order valence-corrected chi connectivity index (χ3v) is 4.59. The number of halogens is 1. The van der Waals surface area contributed by atoms with Gasteiger partial charge in [-0.25, -0.2) is 0 Å². The molecule has 112 valence electrons. The van der Waals surface area contributed by atoms with Gasteiger partial charge in [-0.2, -0.15) is 0 Å². The predicted octanol–water partition coefficient (Wildman–Crippen LogP) is 1.47. The lowest BCUT2D eigenvalue weighted by Gasteiger charge is -2.27. The number of hydrogen-bond acceptors (Lipinski definition) is 3. The smallest absolute Gasteiger partial charge is 0.220 e. The maximum atomic E-state index is 11.9. The maximum absolute atomic E-state index is 11.9. The molecule has 2 rings (SSSR count). The van der Waals surface area contributed by atoms with E-state index in [1.54, 1.807) is 0 Å². The molecule has 4 nitrogen and oxygen atoms in total. The number of piperidine rings is 1. The fourth-order valence-electron chi connectivity index (χ4n) is 3.22. The van der Waals surface area contributed by atoms with Crippen molar-refractivity contribution in [3.05, 3.63) is 0 Å². The van der Waals surface area contributed by atoms with Crippen molar-refractivity contribution in [2.45, 2.75) is 44.9 Å². The van der Waals surface area contributed by atoms with Crippen LogP contribution in [0, 0.1) is 11.3 Å². The molecule has 1 saturated carbocycles. The Morgan fingerprint density at radius 2 is 1.89 bits per heavy atom. The lowest BCUT2D eigenvalue weighted by atomic mass is 9.87. The second-order valence-electron chi connectivity index (χ2n) is 6.04. The number of aliphatic hydroxyl groups is 1. The van der Waals surface area contributed by atoms with Crippen LogP contribution in [0.1, 0.15) is 44.9 Å². The predicted molar refractivity (Wildman–Crippen MR) is 78.5 cm³/mol. The van der Waals surface area contributed by atoms with E-state index in [-0.39, 0.29) is 30.3 Å². The Bertz CT molecular complexity index is 275. The molecule has 1 amide bonds. The van der Waals surface area contributed by atoms with Crippen LogP contribution in [0.2, 0.25) is 0 Å². The van der Waals surface area contributed by atoms with Gasteiger partial charge < -0.3 is 15.7 Å². The molecule has 2 fully saturated rings. The molecule has 0 spiro atoms. The Hall–Kier alpha value is -0.320. The summed E-state index contributed by atoms with van der Waals surface area (Å²) >= 11 is 0. The minimum Gasteiger partial charge on any atom is -0.396 e. The number of nitrogens with one attached hydrogen (secondary N) is 2. The molecule has 1 aliphatic carbocycles. The fourth-order valence-corrected chi connectivity index (χ4v) is 3.22. The second kappa shape index (κ2) is 8.08. The topological polar surface area (TPSA) is 61.4 Å². The second-order valence-corrected chi connectivity index (χ2v) is 6.04. The van der Waals surface area contributed by atoms with Crippen molar-refractivity contribution in [2.75, 3.05) is 26.2 Å². The van der Waals surface area contributed by atoms with E-state index in [0.717, 1.165) is 38.8 Å². The van der Waals surface area contributed by atoms with Crippen LogP contribution in [-0.2, 0) is 4.79 Å². The van der Waals surface area contributed by atoms with Crippen LogP contribution in [-0.4, -0.2) is 37.3 Å². The van der Waals surface area contributed by atoms with Crippen molar-refractivity contribution < 1.29 is 9.90 Å². The molecule has 3 N–H and O–H groups in total. The zero-order valence-electron chi connectivity index (χ0n) is 11.6. The van der Waals surface area contributed by atoms with Gasteiger partial charge in [0, 0.05) is 18.4 Å². The molecule has 1 aliphatic heterocycles. The number of aliphatic hydroxyl groups excluding tert-OH is 1. The highest BCUT2D eigenvalue weighted by Gasteiger charge is 2.33. The molecule has 0 aromatic heterocycles. The molecule has 1 heterocycles. The molecular weight excluding hydrogens is 264 g/mol. The summed E-state index contributed by atoms with van der Waals surface area (Å²) in [6.45, 7) is 2.95. The number of rotatable bonds is 5. The summed E-state index contributed by atoms with van der Waals surface area (Å²) < 4.78 is 0. The standard InChI is InChI=1S/C14H26N2O2.ClH/c17-11-14(5-1-2-6-14)10-16-13(18)9-12-3-7-15-8-4-12;/h12,15,17H,1-11H2,(H,16,18);1H. The SMILES string of the molecule is Cl.O=C(CC1CCNCC1)NCC1(CO)CCCC1. The zero-order valence-corrected chi connectivity index (χ0v) is 12.4. The largest absolute Gasteiger partial charge is 0.396 e. The van der Waals surface area contributed by atoms with Gasteiger partial charge in [0.25, 0.3) is 0 Å². The quantitative estimate of drug-likeness (QED) is 0.718. The normalized spacial score (nSPS) is 22.8. The van der Waals surface area contributed by atoms with Gasteiger partial charge in [0.1, 0.15) is 0 Å². The maximum Gasteiger partial charge on any atom is 0.220 e. The van der Waals surface area contributed by atoms with Gasteiger partial charge >= 0.3 is 0 Å². The highest BCUT2D eigenvalue weighted by atomic mass is 35.5. The highest BCUT2D eigenvalue weighted by molar-refractivity contribution is 5.85. The van der Waals surface area contributed by atoms with Crippen molar-refractivity contribution in [1.29, 1.82) is 0 Å². The third-order valence-electron chi connectivity index (χ3n) is 4.59. The van der Waals surface area contributed by atoms with Crippen LogP contribution < -0.4 is 10.6 Å². The van der Waals surface area contributed by atoms with E-state index in [4.69, 9.17) is 0 Å². The Morgan fingerprint density at radius 3 is 2.47 bits per heavy atom. The number of hydrogen-bond donors (Lipinski definition) is 3. The first-order chi connectivity index (χ1) is 8.74. The highest BCUT2D eigenvalue weighted by Crippen LogP contribution is 2.36. The number of carbonyl (C=O) groups is 1. The van der Waals surface area contributed by atoms with Crippen LogP contribution in [0.5, 0.6) is 0 Å². The molecule has 0 atom stereocenters. The molecule has 1 saturated heterocycles. The first-order valence-electron chi connectivity index (χ1n) is 7.32. The molecule has 2 aliphatic rings. The van der Waals surface area contributed by atoms with Crippen LogP contribution in [0.25, 0.3) is 0 Å². The molecule has 5 heteroatoms. The first kappa shape index (κ1) is 16.7. The average Bonchev–Trinajstić information content (AvgIpc) is 2.87. The summed E-state index contributed by atoms with van der Waals surface area (Å²) in [5.74, 6) is 0.710. The van der Waals surface area contributed by atoms with E-state index in [9.17, 15) is 9.90 Å². The van der Waals surface area contributed by atoms with Gasteiger partial charge in [-0.1, -0.05) is 12.8 Å². The Morgan fingerprint density at radius 1 is 1.26 bits per heavy atom. The molecular formula is C14H27ClN2O2. The van der Waals surface area contributed by atoms with Crippen molar-refractivity contribution in [3.63, 3.8) is 0 Å². The summed E-state index contributed by atoms with van der Waals surface area (Å²) in [6.07, 6.45) is 7.35. The first-order valence-corrected chi connectivity index (χ1v) is 7.32. The summed E-state index contributed by atoms with van der Waals surface area (Å²) in [4.78, 5) is 11.9. The molecule has 0 aromatic carbocycles. The lowest BCUT2D eigenvalue weighted by molar-refractivity contribution is -0.122. The fraction of sp³-hybridized carbons (Fsp3) is 0.929. The monoisotopic (exact) mass is 290 g/mol. The molecule has 0 aromatic rings. The minimum atomic E-state index is -0.0240. The van der Waals surface area contributed by atoms with Gasteiger partial charge in [-0.05, 0) is 44.7 Å². The van der Waals surface area contributed by atoms with Crippen molar-refractivity contribution >= 4 is 18.3 Å². The Labute approximate surface area is 122 Å². The minimum absolute atomic E-state index is 0. The van der Waals surface area contributed by atoms with Crippen LogP contribution >= 0.6 is 12.4 Å². The number of amides is 1. The Balaban J connectivity index is 0.00000180. The van der Waals surface area contributed by atoms with Crippen molar-refractivity contribution in [1.82, 2.24) is 10.6 Å². The molecule has 19 heavy (non-hydrogen) atoms. The molecule has 0 unspecified atom stereocenters. The van der Waals surface area contributed by atoms with Gasteiger partial charge in [0.15, 0.2) is 0 Å². The van der Waals surface area contributed by atoms with Crippen LogP contribution in [0.3, 0.4) is 0 Å². The van der Waals surface area contributed by atoms with E-state index in [0.29, 0.717) is 18.9 Å². The average molecular weight is 291 g/mol. The molecule has 0 radical (unpaired) electrons. The van der Waals surface area contributed by atoms with E-state index in [1.807, 2.05) is 0 Å². The van der Waals surface area contributed by atoms with Gasteiger partial charge in [-0.3, -0.25) is 4.79 Å². The van der Waals surface area contributed by atoms with E-state index in [1.165, 1.54) is 12.8 Å². The Kier molecular flexibility index (Phi) is 7.11. The van der Waals surface area contributed by atoms with Crippen LogP contribution in [0.4, 0.5) is 0 Å². The zero-order chi connectivity index (χ0) is 12.8. The lowest BCUT2D eigenvalue weighted by Crippen LogP contribution is -2.39. The van der Waals surface area contributed by atoms with E-state index in [2.05, 4.69) is 10.6 Å². The van der Waals surface area contributed by atoms with Gasteiger partial charge in [0.05, 0.1) is 6.61 Å². The third kappa shape index (κ3) is 4.93. The van der Waals surface area contributed by atoms with Gasteiger partial charge in [-0.15, -0.1) is 12.4 Å². The van der Waals surface area contributed by atoms with Crippen molar-refractivity contribution in [3.8, 4) is 0 Å². The summed E-state index contributed by atoms with van der Waals surface area (Å²) in [7, 11) is 0.